The van der Waals surface area contributed by atoms with Gasteiger partial charge in [0.15, 0.2) is 5.96 Å². The molecule has 2 rings (SSSR count). The van der Waals surface area contributed by atoms with Crippen LogP contribution in [0.4, 0.5) is 10.2 Å². The van der Waals surface area contributed by atoms with Gasteiger partial charge in [-0.05, 0) is 50.1 Å². The number of nitrogens with zero attached hydrogens (tertiary/aromatic N) is 2. The topological polar surface area (TPSA) is 78.4 Å². The predicted octanol–water partition coefficient (Wildman–Crippen LogP) is 2.66. The molecule has 1 amide bonds. The number of anilines is 1. The van der Waals surface area contributed by atoms with Gasteiger partial charge in [-0.15, -0.1) is 0 Å². The Hall–Kier alpha value is -2.96. The lowest BCUT2D eigenvalue weighted by atomic mass is 10.1. The fraction of sp³-hybridized carbons (Fsp3) is 0.350. The third-order valence-corrected chi connectivity index (χ3v) is 3.73. The molecular formula is C20H26FN5O. The highest BCUT2D eigenvalue weighted by Gasteiger charge is 2.04. The van der Waals surface area contributed by atoms with Crippen LogP contribution in [0.3, 0.4) is 0 Å². The number of halogens is 1. The van der Waals surface area contributed by atoms with E-state index in [2.05, 4.69) is 25.9 Å². The lowest BCUT2D eigenvalue weighted by Crippen LogP contribution is -2.38. The molecule has 0 aliphatic carbocycles. The lowest BCUT2D eigenvalue weighted by Gasteiger charge is -2.11. The average molecular weight is 371 g/mol. The SMILES string of the molecule is CCNC(=NCCC(=O)Nc1cccc(C)n1)NCCc1ccc(F)cc1. The zero-order chi connectivity index (χ0) is 19.5. The largest absolute Gasteiger partial charge is 0.357 e. The summed E-state index contributed by atoms with van der Waals surface area (Å²) in [4.78, 5) is 20.7. The molecule has 144 valence electrons. The Morgan fingerprint density at radius 1 is 1.15 bits per heavy atom. The van der Waals surface area contributed by atoms with E-state index >= 15 is 0 Å². The minimum atomic E-state index is -0.235. The molecule has 7 heteroatoms. The average Bonchev–Trinajstić information content (AvgIpc) is 2.63. The van der Waals surface area contributed by atoms with Crippen molar-refractivity contribution < 1.29 is 9.18 Å². The van der Waals surface area contributed by atoms with Crippen LogP contribution in [0.2, 0.25) is 0 Å². The molecule has 6 nitrogen and oxygen atoms in total. The second-order valence-electron chi connectivity index (χ2n) is 6.03. The third-order valence-electron chi connectivity index (χ3n) is 3.73. The van der Waals surface area contributed by atoms with E-state index in [0.717, 1.165) is 24.2 Å². The van der Waals surface area contributed by atoms with Crippen molar-refractivity contribution in [2.75, 3.05) is 25.0 Å². The number of nitrogens with one attached hydrogen (secondary N) is 3. The fourth-order valence-electron chi connectivity index (χ4n) is 2.41. The molecule has 1 heterocycles. The summed E-state index contributed by atoms with van der Waals surface area (Å²) in [6.07, 6.45) is 1.02. The maximum Gasteiger partial charge on any atom is 0.227 e. The molecule has 0 saturated heterocycles. The molecule has 0 fully saturated rings. The van der Waals surface area contributed by atoms with E-state index in [1.54, 1.807) is 18.2 Å². The minimum Gasteiger partial charge on any atom is -0.357 e. The molecule has 0 spiro atoms. The first kappa shape index (κ1) is 20.4. The van der Waals surface area contributed by atoms with Crippen molar-refractivity contribution in [3.63, 3.8) is 0 Å². The highest BCUT2D eigenvalue weighted by Crippen LogP contribution is 2.04. The number of pyridine rings is 1. The van der Waals surface area contributed by atoms with Crippen LogP contribution >= 0.6 is 0 Å². The summed E-state index contributed by atoms with van der Waals surface area (Å²) in [7, 11) is 0. The van der Waals surface area contributed by atoms with Gasteiger partial charge in [0.05, 0.1) is 6.54 Å². The number of hydrogen-bond donors (Lipinski definition) is 3. The van der Waals surface area contributed by atoms with E-state index in [9.17, 15) is 9.18 Å². The Bertz CT molecular complexity index is 761. The first-order valence-electron chi connectivity index (χ1n) is 9.07. The maximum absolute atomic E-state index is 12.9. The van der Waals surface area contributed by atoms with Crippen LogP contribution in [0.15, 0.2) is 47.5 Å². The number of hydrogen-bond acceptors (Lipinski definition) is 3. The smallest absolute Gasteiger partial charge is 0.227 e. The standard InChI is InChI=1S/C20H26FN5O/c1-3-22-20(23-13-11-16-7-9-17(21)10-8-16)24-14-12-19(27)26-18-6-4-5-15(2)25-18/h4-10H,3,11-14H2,1-2H3,(H2,22,23,24)(H,25,26,27). The second-order valence-corrected chi connectivity index (χ2v) is 6.03. The van der Waals surface area contributed by atoms with E-state index in [0.29, 0.717) is 24.9 Å². The molecule has 0 saturated carbocycles. The highest BCUT2D eigenvalue weighted by atomic mass is 19.1. The summed E-state index contributed by atoms with van der Waals surface area (Å²) < 4.78 is 12.9. The van der Waals surface area contributed by atoms with Crippen molar-refractivity contribution >= 4 is 17.7 Å². The summed E-state index contributed by atoms with van der Waals surface area (Å²) in [6, 6.07) is 11.9. The van der Waals surface area contributed by atoms with Gasteiger partial charge in [0, 0.05) is 25.2 Å². The normalized spacial score (nSPS) is 11.1. The summed E-state index contributed by atoms with van der Waals surface area (Å²) in [5.74, 6) is 0.842. The quantitative estimate of drug-likeness (QED) is 0.492. The van der Waals surface area contributed by atoms with Gasteiger partial charge in [0.2, 0.25) is 5.91 Å². The molecule has 0 aliphatic rings. The van der Waals surface area contributed by atoms with Crippen LogP contribution in [-0.2, 0) is 11.2 Å². The third kappa shape index (κ3) is 7.85. The number of carbonyl (C=O) groups excluding carboxylic acids is 1. The monoisotopic (exact) mass is 371 g/mol. The number of rotatable bonds is 8. The van der Waals surface area contributed by atoms with E-state index in [1.807, 2.05) is 26.0 Å². The molecule has 2 aromatic rings. The number of aryl methyl sites for hydroxylation is 1. The fourth-order valence-corrected chi connectivity index (χ4v) is 2.41. The molecular weight excluding hydrogens is 345 g/mol. The van der Waals surface area contributed by atoms with Gasteiger partial charge in [-0.3, -0.25) is 9.79 Å². The highest BCUT2D eigenvalue weighted by molar-refractivity contribution is 5.90. The second kappa shape index (κ2) is 10.9. The molecule has 0 atom stereocenters. The number of carbonyl (C=O) groups is 1. The number of guanidine groups is 1. The molecule has 0 aliphatic heterocycles. The van der Waals surface area contributed by atoms with Gasteiger partial charge in [-0.25, -0.2) is 9.37 Å². The van der Waals surface area contributed by atoms with Crippen molar-refractivity contribution in [2.45, 2.75) is 26.7 Å². The first-order valence-corrected chi connectivity index (χ1v) is 9.07. The Kier molecular flexibility index (Phi) is 8.22. The summed E-state index contributed by atoms with van der Waals surface area (Å²) in [6.45, 7) is 5.61. The number of aliphatic imine (C=N–C) groups is 1. The number of benzene rings is 1. The Morgan fingerprint density at radius 2 is 1.93 bits per heavy atom. The van der Waals surface area contributed by atoms with Crippen LogP contribution in [0, 0.1) is 12.7 Å². The molecule has 0 bridgehead atoms. The van der Waals surface area contributed by atoms with Crippen molar-refractivity contribution in [1.82, 2.24) is 15.6 Å². The van der Waals surface area contributed by atoms with Gasteiger partial charge in [-0.1, -0.05) is 18.2 Å². The zero-order valence-corrected chi connectivity index (χ0v) is 15.8. The number of aromatic nitrogens is 1. The van der Waals surface area contributed by atoms with E-state index in [-0.39, 0.29) is 18.1 Å². The summed E-state index contributed by atoms with van der Waals surface area (Å²) in [5.41, 5.74) is 1.90. The molecule has 0 unspecified atom stereocenters. The Labute approximate surface area is 159 Å². The molecule has 0 radical (unpaired) electrons. The number of amides is 1. The van der Waals surface area contributed by atoms with Crippen LogP contribution in [-0.4, -0.2) is 36.5 Å². The lowest BCUT2D eigenvalue weighted by molar-refractivity contribution is -0.116. The van der Waals surface area contributed by atoms with Crippen LogP contribution in [0.5, 0.6) is 0 Å². The Balaban J connectivity index is 1.76. The van der Waals surface area contributed by atoms with Gasteiger partial charge in [-0.2, -0.15) is 0 Å². The van der Waals surface area contributed by atoms with E-state index < -0.39 is 0 Å². The van der Waals surface area contributed by atoms with Gasteiger partial charge in [0.1, 0.15) is 11.6 Å². The predicted molar refractivity (Wildman–Crippen MR) is 106 cm³/mol. The van der Waals surface area contributed by atoms with Crippen LogP contribution in [0.25, 0.3) is 0 Å². The molecule has 27 heavy (non-hydrogen) atoms. The molecule has 3 N–H and O–H groups in total. The molecule has 1 aromatic carbocycles. The van der Waals surface area contributed by atoms with Crippen LogP contribution < -0.4 is 16.0 Å². The minimum absolute atomic E-state index is 0.126. The van der Waals surface area contributed by atoms with Gasteiger partial charge >= 0.3 is 0 Å². The summed E-state index contributed by atoms with van der Waals surface area (Å²) >= 11 is 0. The first-order chi connectivity index (χ1) is 13.1. The van der Waals surface area contributed by atoms with Crippen LogP contribution in [0.1, 0.15) is 24.6 Å². The van der Waals surface area contributed by atoms with Crippen molar-refractivity contribution in [2.24, 2.45) is 4.99 Å². The Morgan fingerprint density at radius 3 is 2.63 bits per heavy atom. The van der Waals surface area contributed by atoms with Gasteiger partial charge < -0.3 is 16.0 Å². The maximum atomic E-state index is 12.9. The molecule has 1 aromatic heterocycles. The van der Waals surface area contributed by atoms with Crippen molar-refractivity contribution in [3.8, 4) is 0 Å². The van der Waals surface area contributed by atoms with Crippen molar-refractivity contribution in [1.29, 1.82) is 0 Å². The van der Waals surface area contributed by atoms with Crippen molar-refractivity contribution in [3.05, 3.63) is 59.5 Å². The van der Waals surface area contributed by atoms with E-state index in [1.165, 1.54) is 12.1 Å². The zero-order valence-electron chi connectivity index (χ0n) is 15.8. The van der Waals surface area contributed by atoms with Gasteiger partial charge in [0.25, 0.3) is 0 Å². The summed E-state index contributed by atoms with van der Waals surface area (Å²) in [5, 5.41) is 9.13. The van der Waals surface area contributed by atoms with E-state index in [4.69, 9.17) is 0 Å².